The standard InChI is InChI=1S/C20H12O5.C3H8.C2H6/c21-11-5-7-15-17(9-11)24-18-10-12(22)6-8-16(18)20(15)14-4-2-1-3-13(14)19(23)25-20;1-3-2;1-2/h1-10,21-22H;3H2,1-2H3;1-2H3. The molecule has 0 saturated carbocycles. The van der Waals surface area contributed by atoms with Gasteiger partial charge in [0.2, 0.25) is 0 Å². The monoisotopic (exact) mass is 406 g/mol. The largest absolute Gasteiger partial charge is 0.508 e. The Labute approximate surface area is 176 Å². The fourth-order valence-corrected chi connectivity index (χ4v) is 3.65. The molecular formula is C25H26O5. The summed E-state index contributed by atoms with van der Waals surface area (Å²) in [6.07, 6.45) is 1.25. The molecule has 0 unspecified atom stereocenters. The Morgan fingerprint density at radius 2 is 1.30 bits per heavy atom. The van der Waals surface area contributed by atoms with Gasteiger partial charge in [0.1, 0.15) is 23.0 Å². The molecule has 0 fully saturated rings. The summed E-state index contributed by atoms with van der Waals surface area (Å²) in [4.78, 5) is 12.5. The van der Waals surface area contributed by atoms with Crippen LogP contribution >= 0.6 is 0 Å². The number of ether oxygens (including phenoxy) is 2. The Kier molecular flexibility index (Phi) is 6.01. The van der Waals surface area contributed by atoms with Gasteiger partial charge in [-0.1, -0.05) is 52.3 Å². The highest BCUT2D eigenvalue weighted by molar-refractivity contribution is 5.97. The number of hydrogen-bond donors (Lipinski definition) is 2. The van der Waals surface area contributed by atoms with E-state index >= 15 is 0 Å². The summed E-state index contributed by atoms with van der Waals surface area (Å²) >= 11 is 0. The molecule has 2 heterocycles. The molecule has 1 spiro atoms. The number of fused-ring (bicyclic) bond motifs is 6. The molecule has 30 heavy (non-hydrogen) atoms. The fraction of sp³-hybridized carbons (Fsp3) is 0.240. The van der Waals surface area contributed by atoms with Crippen LogP contribution < -0.4 is 4.74 Å². The normalized spacial score (nSPS) is 13.9. The van der Waals surface area contributed by atoms with E-state index in [1.165, 1.54) is 30.7 Å². The SMILES string of the molecule is CC.CCC.O=C1OC2(c3ccc(O)cc3Oc3cc(O)ccc32)c2ccccc21. The molecule has 156 valence electrons. The Hall–Kier alpha value is -3.47. The fourth-order valence-electron chi connectivity index (χ4n) is 3.65. The van der Waals surface area contributed by atoms with E-state index in [0.29, 0.717) is 33.8 Å². The van der Waals surface area contributed by atoms with E-state index in [-0.39, 0.29) is 11.5 Å². The first kappa shape index (κ1) is 21.2. The molecule has 0 radical (unpaired) electrons. The number of phenolic OH excluding ortho intramolecular Hbond substituents is 2. The second-order valence-corrected chi connectivity index (χ2v) is 6.79. The molecule has 0 aliphatic carbocycles. The predicted octanol–water partition coefficient (Wildman–Crippen LogP) is 6.11. The van der Waals surface area contributed by atoms with Gasteiger partial charge in [0, 0.05) is 28.8 Å². The van der Waals surface area contributed by atoms with Crippen molar-refractivity contribution in [3.63, 3.8) is 0 Å². The number of esters is 1. The van der Waals surface area contributed by atoms with Crippen LogP contribution in [0.4, 0.5) is 0 Å². The highest BCUT2D eigenvalue weighted by atomic mass is 16.6. The van der Waals surface area contributed by atoms with Crippen molar-refractivity contribution < 1.29 is 24.5 Å². The molecule has 5 rings (SSSR count). The van der Waals surface area contributed by atoms with Gasteiger partial charge in [0.15, 0.2) is 5.60 Å². The van der Waals surface area contributed by atoms with Gasteiger partial charge in [-0.3, -0.25) is 0 Å². The number of carbonyl (C=O) groups excluding carboxylic acids is 1. The van der Waals surface area contributed by atoms with Crippen molar-refractivity contribution in [2.24, 2.45) is 0 Å². The Morgan fingerprint density at radius 3 is 1.83 bits per heavy atom. The van der Waals surface area contributed by atoms with Crippen LogP contribution in [0.15, 0.2) is 60.7 Å². The van der Waals surface area contributed by atoms with Crippen molar-refractivity contribution in [3.05, 3.63) is 82.9 Å². The maximum Gasteiger partial charge on any atom is 0.340 e. The summed E-state index contributed by atoms with van der Waals surface area (Å²) in [5, 5.41) is 19.7. The van der Waals surface area contributed by atoms with E-state index in [0.717, 1.165) is 0 Å². The van der Waals surface area contributed by atoms with E-state index < -0.39 is 11.6 Å². The Bertz CT molecular complexity index is 1020. The van der Waals surface area contributed by atoms with Crippen molar-refractivity contribution in [1.29, 1.82) is 0 Å². The molecule has 3 aromatic rings. The third-order valence-corrected chi connectivity index (χ3v) is 4.68. The Morgan fingerprint density at radius 1 is 0.800 bits per heavy atom. The lowest BCUT2D eigenvalue weighted by Gasteiger charge is -2.36. The zero-order valence-electron chi connectivity index (χ0n) is 17.6. The van der Waals surface area contributed by atoms with Crippen molar-refractivity contribution >= 4 is 5.97 Å². The van der Waals surface area contributed by atoms with Gasteiger partial charge >= 0.3 is 5.97 Å². The summed E-state index contributed by atoms with van der Waals surface area (Å²) in [5.74, 6) is 0.408. The molecule has 0 bridgehead atoms. The molecule has 2 aliphatic heterocycles. The highest BCUT2D eigenvalue weighted by Gasteiger charge is 2.53. The van der Waals surface area contributed by atoms with Crippen molar-refractivity contribution in [1.82, 2.24) is 0 Å². The summed E-state index contributed by atoms with van der Waals surface area (Å²) < 4.78 is 11.8. The van der Waals surface area contributed by atoms with Gasteiger partial charge in [0.25, 0.3) is 0 Å². The van der Waals surface area contributed by atoms with E-state index in [1.54, 1.807) is 24.3 Å². The molecule has 0 atom stereocenters. The van der Waals surface area contributed by atoms with Crippen molar-refractivity contribution in [2.45, 2.75) is 39.7 Å². The van der Waals surface area contributed by atoms with Gasteiger partial charge in [-0.2, -0.15) is 0 Å². The molecular weight excluding hydrogens is 380 g/mol. The van der Waals surface area contributed by atoms with E-state index in [4.69, 9.17) is 9.47 Å². The minimum absolute atomic E-state index is 0.0371. The lowest BCUT2D eigenvalue weighted by atomic mass is 9.77. The second-order valence-electron chi connectivity index (χ2n) is 6.79. The lowest BCUT2D eigenvalue weighted by molar-refractivity contribution is 0.0224. The van der Waals surface area contributed by atoms with Gasteiger partial charge in [-0.05, 0) is 30.3 Å². The molecule has 2 aliphatic rings. The van der Waals surface area contributed by atoms with Crippen LogP contribution in [0.25, 0.3) is 0 Å². The third-order valence-electron chi connectivity index (χ3n) is 4.68. The minimum atomic E-state index is -1.17. The third kappa shape index (κ3) is 3.26. The van der Waals surface area contributed by atoms with Crippen molar-refractivity contribution in [3.8, 4) is 23.0 Å². The summed E-state index contributed by atoms with van der Waals surface area (Å²) in [6.45, 7) is 8.25. The molecule has 5 heteroatoms. The van der Waals surface area contributed by atoms with Gasteiger partial charge in [-0.25, -0.2) is 4.79 Å². The molecule has 0 saturated heterocycles. The van der Waals surface area contributed by atoms with E-state index in [9.17, 15) is 15.0 Å². The van der Waals surface area contributed by atoms with Crippen LogP contribution in [0.5, 0.6) is 23.0 Å². The number of phenols is 2. The first-order valence-corrected chi connectivity index (χ1v) is 10.2. The van der Waals surface area contributed by atoms with Crippen LogP contribution in [-0.2, 0) is 10.3 Å². The highest BCUT2D eigenvalue weighted by Crippen LogP contribution is 2.56. The second kappa shape index (κ2) is 8.49. The van der Waals surface area contributed by atoms with Gasteiger partial charge in [0.05, 0.1) is 5.56 Å². The van der Waals surface area contributed by atoms with Crippen LogP contribution in [0.2, 0.25) is 0 Å². The molecule has 2 N–H and O–H groups in total. The van der Waals surface area contributed by atoms with Gasteiger partial charge < -0.3 is 19.7 Å². The Balaban J connectivity index is 0.000000473. The average molecular weight is 406 g/mol. The number of rotatable bonds is 0. The van der Waals surface area contributed by atoms with Crippen LogP contribution in [0, 0.1) is 0 Å². The van der Waals surface area contributed by atoms with Crippen molar-refractivity contribution in [2.75, 3.05) is 0 Å². The zero-order chi connectivity index (χ0) is 21.9. The molecule has 0 amide bonds. The molecule has 0 aromatic heterocycles. The van der Waals surface area contributed by atoms with Gasteiger partial charge in [-0.15, -0.1) is 0 Å². The summed E-state index contributed by atoms with van der Waals surface area (Å²) in [6, 6.07) is 16.6. The molecule has 5 nitrogen and oxygen atoms in total. The average Bonchev–Trinajstić information content (AvgIpc) is 3.03. The van der Waals surface area contributed by atoms with E-state index in [1.807, 2.05) is 26.0 Å². The summed E-state index contributed by atoms with van der Waals surface area (Å²) in [7, 11) is 0. The number of benzene rings is 3. The first-order valence-electron chi connectivity index (χ1n) is 10.2. The topological polar surface area (TPSA) is 76.0 Å². The maximum atomic E-state index is 12.5. The number of carbonyl (C=O) groups is 1. The number of hydrogen-bond acceptors (Lipinski definition) is 5. The number of aromatic hydroxyl groups is 2. The zero-order valence-corrected chi connectivity index (χ0v) is 17.6. The predicted molar refractivity (Wildman–Crippen MR) is 115 cm³/mol. The minimum Gasteiger partial charge on any atom is -0.508 e. The maximum absolute atomic E-state index is 12.5. The molecule has 3 aromatic carbocycles. The van der Waals surface area contributed by atoms with Crippen LogP contribution in [-0.4, -0.2) is 16.2 Å². The quantitative estimate of drug-likeness (QED) is 0.441. The summed E-state index contributed by atoms with van der Waals surface area (Å²) in [5.41, 5.74) is 1.28. The first-order chi connectivity index (χ1) is 14.5. The lowest BCUT2D eigenvalue weighted by Crippen LogP contribution is -2.32. The smallest absolute Gasteiger partial charge is 0.340 e. The van der Waals surface area contributed by atoms with Crippen LogP contribution in [0.1, 0.15) is 61.2 Å². The van der Waals surface area contributed by atoms with E-state index in [2.05, 4.69) is 13.8 Å². The van der Waals surface area contributed by atoms with Crippen LogP contribution in [0.3, 0.4) is 0 Å².